The molecule has 1 aromatic rings. The fraction of sp³-hybridized carbons (Fsp3) is 0.333. The number of aliphatic carboxylic acids is 1. The van der Waals surface area contributed by atoms with E-state index in [1.54, 1.807) is 0 Å². The number of benzene rings is 1. The zero-order valence-corrected chi connectivity index (χ0v) is 10.3. The first-order chi connectivity index (χ1) is 9.01. The number of aliphatic hydroxyl groups excluding tert-OH is 1. The molecule has 0 saturated carbocycles. The minimum absolute atomic E-state index is 0.0939. The second-order valence-electron chi connectivity index (χ2n) is 3.73. The Morgan fingerprint density at radius 2 is 2.11 bits per heavy atom. The van der Waals surface area contributed by atoms with Crippen LogP contribution in [-0.4, -0.2) is 47.0 Å². The number of aromatic hydroxyl groups is 1. The van der Waals surface area contributed by atoms with Gasteiger partial charge in [0.15, 0.2) is 11.5 Å². The largest absolute Gasteiger partial charge is 0.504 e. The Bertz CT molecular complexity index is 473. The van der Waals surface area contributed by atoms with Crippen molar-refractivity contribution < 1.29 is 29.6 Å². The van der Waals surface area contributed by atoms with Gasteiger partial charge in [-0.2, -0.15) is 0 Å². The Hall–Kier alpha value is -2.28. The first kappa shape index (κ1) is 14.8. The molecule has 7 heteroatoms. The van der Waals surface area contributed by atoms with Crippen molar-refractivity contribution in [1.29, 1.82) is 0 Å². The summed E-state index contributed by atoms with van der Waals surface area (Å²) in [6, 6.07) is 3.08. The van der Waals surface area contributed by atoms with Gasteiger partial charge < -0.3 is 25.4 Å². The second kappa shape index (κ2) is 6.60. The van der Waals surface area contributed by atoms with Gasteiger partial charge in [-0.3, -0.25) is 4.79 Å². The van der Waals surface area contributed by atoms with E-state index in [-0.39, 0.29) is 30.1 Å². The molecule has 0 fully saturated rings. The zero-order valence-electron chi connectivity index (χ0n) is 10.3. The fourth-order valence-corrected chi connectivity index (χ4v) is 1.49. The van der Waals surface area contributed by atoms with Crippen molar-refractivity contribution in [3.63, 3.8) is 0 Å². The van der Waals surface area contributed by atoms with Gasteiger partial charge in [0.2, 0.25) is 0 Å². The van der Waals surface area contributed by atoms with Crippen molar-refractivity contribution >= 4 is 11.9 Å². The summed E-state index contributed by atoms with van der Waals surface area (Å²) < 4.78 is 4.85. The van der Waals surface area contributed by atoms with Crippen LogP contribution in [0.4, 0.5) is 0 Å². The Balaban J connectivity index is 2.91. The number of para-hydroxylation sites is 1. The molecule has 0 unspecified atom stereocenters. The number of carbonyl (C=O) groups is 2. The van der Waals surface area contributed by atoms with Crippen LogP contribution in [0.1, 0.15) is 16.8 Å². The monoisotopic (exact) mass is 269 g/mol. The molecule has 7 nitrogen and oxygen atoms in total. The van der Waals surface area contributed by atoms with Crippen molar-refractivity contribution in [2.24, 2.45) is 0 Å². The summed E-state index contributed by atoms with van der Waals surface area (Å²) in [5, 5.41) is 29.5. The highest BCUT2D eigenvalue weighted by Gasteiger charge is 2.22. The lowest BCUT2D eigenvalue weighted by atomic mass is 10.1. The minimum atomic E-state index is -1.26. The molecule has 1 amide bonds. The number of hydrogen-bond donors (Lipinski definition) is 4. The third-order valence-electron chi connectivity index (χ3n) is 2.48. The minimum Gasteiger partial charge on any atom is -0.504 e. The van der Waals surface area contributed by atoms with Crippen LogP contribution in [0, 0.1) is 0 Å². The maximum atomic E-state index is 11.9. The van der Waals surface area contributed by atoms with Crippen LogP contribution >= 0.6 is 0 Å². The van der Waals surface area contributed by atoms with Crippen molar-refractivity contribution in [1.82, 2.24) is 5.32 Å². The Labute approximate surface area is 109 Å². The van der Waals surface area contributed by atoms with Gasteiger partial charge in [0.1, 0.15) is 6.04 Å². The lowest BCUT2D eigenvalue weighted by Gasteiger charge is -2.14. The second-order valence-corrected chi connectivity index (χ2v) is 3.73. The number of ether oxygens (including phenoxy) is 1. The summed E-state index contributed by atoms with van der Waals surface area (Å²) in [5.74, 6) is -2.26. The number of phenolic OH excluding ortho intramolecular Hbond substituents is 1. The maximum Gasteiger partial charge on any atom is 0.326 e. The van der Waals surface area contributed by atoms with Crippen LogP contribution in [0.15, 0.2) is 18.2 Å². The first-order valence-corrected chi connectivity index (χ1v) is 5.51. The van der Waals surface area contributed by atoms with E-state index in [0.717, 1.165) is 0 Å². The van der Waals surface area contributed by atoms with Crippen LogP contribution in [0.2, 0.25) is 0 Å². The maximum absolute atomic E-state index is 11.9. The molecule has 0 heterocycles. The molecule has 0 aliphatic heterocycles. The number of aliphatic hydroxyl groups is 1. The quantitative estimate of drug-likeness (QED) is 0.576. The molecular formula is C12H15NO6. The van der Waals surface area contributed by atoms with E-state index in [0.29, 0.717) is 0 Å². The van der Waals surface area contributed by atoms with E-state index in [4.69, 9.17) is 14.9 Å². The molecule has 1 aromatic carbocycles. The molecule has 0 bridgehead atoms. The van der Waals surface area contributed by atoms with Crippen molar-refractivity contribution in [2.75, 3.05) is 13.7 Å². The summed E-state index contributed by atoms with van der Waals surface area (Å²) in [7, 11) is 1.34. The molecule has 0 aromatic heterocycles. The van der Waals surface area contributed by atoms with Gasteiger partial charge in [-0.1, -0.05) is 6.07 Å². The Kier molecular flexibility index (Phi) is 5.13. The highest BCUT2D eigenvalue weighted by atomic mass is 16.5. The summed E-state index contributed by atoms with van der Waals surface area (Å²) in [6.45, 7) is -0.374. The SMILES string of the molecule is COc1cccc(C(=O)N[C@@H](CCO)C(=O)O)c1O. The fourth-order valence-electron chi connectivity index (χ4n) is 1.49. The predicted molar refractivity (Wildman–Crippen MR) is 65.3 cm³/mol. The van der Waals surface area contributed by atoms with Crippen molar-refractivity contribution in [3.05, 3.63) is 23.8 Å². The van der Waals surface area contributed by atoms with E-state index in [1.165, 1.54) is 25.3 Å². The standard InChI is InChI=1S/C12H15NO6/c1-19-9-4-2-3-7(10(9)15)11(16)13-8(5-6-14)12(17)18/h2-4,8,14-15H,5-6H2,1H3,(H,13,16)(H,17,18)/t8-/m0/s1. The molecule has 1 rings (SSSR count). The van der Waals surface area contributed by atoms with E-state index in [2.05, 4.69) is 5.32 Å². The van der Waals surface area contributed by atoms with Gasteiger partial charge in [0.05, 0.1) is 12.7 Å². The number of rotatable bonds is 6. The molecule has 0 radical (unpaired) electrons. The lowest BCUT2D eigenvalue weighted by Crippen LogP contribution is -2.41. The third-order valence-corrected chi connectivity index (χ3v) is 2.48. The number of hydrogen-bond acceptors (Lipinski definition) is 5. The van der Waals surface area contributed by atoms with Gasteiger partial charge in [-0.15, -0.1) is 0 Å². The number of amides is 1. The first-order valence-electron chi connectivity index (χ1n) is 5.51. The molecule has 0 spiro atoms. The third kappa shape index (κ3) is 3.59. The van der Waals surface area contributed by atoms with E-state index in [1.807, 2.05) is 0 Å². The number of methoxy groups -OCH3 is 1. The molecule has 0 aliphatic rings. The van der Waals surface area contributed by atoms with Gasteiger partial charge in [-0.25, -0.2) is 4.79 Å². The average Bonchev–Trinajstić information content (AvgIpc) is 2.38. The molecule has 19 heavy (non-hydrogen) atoms. The van der Waals surface area contributed by atoms with E-state index in [9.17, 15) is 14.7 Å². The topological polar surface area (TPSA) is 116 Å². The van der Waals surface area contributed by atoms with Crippen LogP contribution in [0.3, 0.4) is 0 Å². The summed E-state index contributed by atoms with van der Waals surface area (Å²) in [5.41, 5.74) is -0.0939. The molecule has 0 aliphatic carbocycles. The smallest absolute Gasteiger partial charge is 0.326 e. The number of nitrogens with one attached hydrogen (secondary N) is 1. The molecule has 104 valence electrons. The van der Waals surface area contributed by atoms with E-state index < -0.39 is 17.9 Å². The van der Waals surface area contributed by atoms with Crippen LogP contribution < -0.4 is 10.1 Å². The predicted octanol–water partition coefficient (Wildman–Crippen LogP) is -0.0338. The highest BCUT2D eigenvalue weighted by molar-refractivity contribution is 5.99. The van der Waals surface area contributed by atoms with Gasteiger partial charge in [0, 0.05) is 13.0 Å². The van der Waals surface area contributed by atoms with Crippen LogP contribution in [0.25, 0.3) is 0 Å². The highest BCUT2D eigenvalue weighted by Crippen LogP contribution is 2.29. The molecule has 1 atom stereocenters. The normalized spacial score (nSPS) is 11.7. The Morgan fingerprint density at radius 1 is 1.42 bits per heavy atom. The van der Waals surface area contributed by atoms with E-state index >= 15 is 0 Å². The number of phenols is 1. The average molecular weight is 269 g/mol. The zero-order chi connectivity index (χ0) is 14.4. The van der Waals surface area contributed by atoms with Crippen molar-refractivity contribution in [2.45, 2.75) is 12.5 Å². The van der Waals surface area contributed by atoms with Gasteiger partial charge >= 0.3 is 5.97 Å². The number of carboxylic acid groups (broad SMARTS) is 1. The van der Waals surface area contributed by atoms with Crippen LogP contribution in [-0.2, 0) is 4.79 Å². The lowest BCUT2D eigenvalue weighted by molar-refractivity contribution is -0.139. The van der Waals surface area contributed by atoms with Gasteiger partial charge in [0.25, 0.3) is 5.91 Å². The van der Waals surface area contributed by atoms with Gasteiger partial charge in [-0.05, 0) is 12.1 Å². The molecular weight excluding hydrogens is 254 g/mol. The number of carboxylic acids is 1. The summed E-state index contributed by atoms with van der Waals surface area (Å²) in [6.07, 6.45) is -0.119. The summed E-state index contributed by atoms with van der Waals surface area (Å²) >= 11 is 0. The molecule has 0 saturated heterocycles. The number of carbonyl (C=O) groups excluding carboxylic acids is 1. The molecule has 4 N–H and O–H groups in total. The van der Waals surface area contributed by atoms with Crippen molar-refractivity contribution in [3.8, 4) is 11.5 Å². The summed E-state index contributed by atoms with van der Waals surface area (Å²) in [4.78, 5) is 22.7. The van der Waals surface area contributed by atoms with Crippen LogP contribution in [0.5, 0.6) is 11.5 Å². The Morgan fingerprint density at radius 3 is 2.63 bits per heavy atom.